The molecule has 6 nitrogen and oxygen atoms in total. The number of hydrogen-bond donors (Lipinski definition) is 2. The average molecular weight is 549 g/mol. The molecule has 0 atom stereocenters. The van der Waals surface area contributed by atoms with Gasteiger partial charge in [0.1, 0.15) is 5.69 Å². The maximum atomic E-state index is 6.27. The van der Waals surface area contributed by atoms with Crippen LogP contribution in [0.25, 0.3) is 5.57 Å². The minimum Gasteiger partial charge on any atom is -0.405 e. The van der Waals surface area contributed by atoms with Crippen LogP contribution in [0.15, 0.2) is 101 Å². The summed E-state index contributed by atoms with van der Waals surface area (Å²) in [7, 11) is 2.18. The van der Waals surface area contributed by atoms with Crippen LogP contribution in [0.1, 0.15) is 56.0 Å². The maximum absolute atomic E-state index is 6.27. The number of rotatable bonds is 9. The fraction of sp³-hybridized carbons (Fsp3) is 0.314. The van der Waals surface area contributed by atoms with Crippen LogP contribution in [0.2, 0.25) is 0 Å². The van der Waals surface area contributed by atoms with Crippen molar-refractivity contribution in [1.29, 1.82) is 0 Å². The van der Waals surface area contributed by atoms with E-state index in [9.17, 15) is 0 Å². The second kappa shape index (κ2) is 15.6. The van der Waals surface area contributed by atoms with Crippen LogP contribution in [0.4, 0.5) is 0 Å². The lowest BCUT2D eigenvalue weighted by Gasteiger charge is -2.32. The fourth-order valence-electron chi connectivity index (χ4n) is 4.31. The molecule has 0 bridgehead atoms. The molecule has 214 valence electrons. The van der Waals surface area contributed by atoms with Crippen molar-refractivity contribution in [2.24, 2.45) is 16.5 Å². The zero-order valence-corrected chi connectivity index (χ0v) is 25.2. The molecule has 1 saturated heterocycles. The monoisotopic (exact) mass is 548 g/mol. The summed E-state index contributed by atoms with van der Waals surface area (Å²) < 4.78 is 0. The van der Waals surface area contributed by atoms with E-state index in [1.54, 1.807) is 18.5 Å². The highest BCUT2D eigenvalue weighted by atomic mass is 15.2. The Kier molecular flexibility index (Phi) is 11.9. The third-order valence-corrected chi connectivity index (χ3v) is 7.04. The van der Waals surface area contributed by atoms with Crippen molar-refractivity contribution >= 4 is 11.8 Å². The standard InChI is InChI=1S/C35H44N6/c1-26(2)33-15-17-38-34(23-33)14-11-30(8-7-16-36)22-27(3)29(5)39-24-35(28(4)37)32-12-9-31(10-13-32)25-41-20-18-40(6)19-21-41/h7-10,12-13,15-17,22-24,26H,5,18-21,25,36-37H2,1-4,6H3/b16-7+,27-22-,30-8-,35-28-,39-24?. The molecule has 1 aromatic heterocycles. The SMILES string of the molecule is C=C(N=C/C(=C(\C)N)c1ccc(CN2CCN(C)CC2)cc1)\C(C)=C/C(C#Cc1cc(C(C)C)ccn1)=C\C=C\N. The Balaban J connectivity index is 1.73. The Labute approximate surface area is 246 Å². The number of likely N-dealkylation sites (N-methyl/N-ethyl adjacent to an activating group) is 1. The zero-order valence-electron chi connectivity index (χ0n) is 25.2. The van der Waals surface area contributed by atoms with Crippen molar-refractivity contribution in [3.8, 4) is 11.8 Å². The van der Waals surface area contributed by atoms with Gasteiger partial charge in [-0.25, -0.2) is 4.98 Å². The van der Waals surface area contributed by atoms with Gasteiger partial charge in [-0.15, -0.1) is 0 Å². The van der Waals surface area contributed by atoms with Crippen molar-refractivity contribution in [2.75, 3.05) is 33.2 Å². The Morgan fingerprint density at radius 3 is 2.46 bits per heavy atom. The van der Waals surface area contributed by atoms with E-state index in [4.69, 9.17) is 11.5 Å². The molecule has 0 radical (unpaired) electrons. The largest absolute Gasteiger partial charge is 0.405 e. The van der Waals surface area contributed by atoms with Gasteiger partial charge in [0.05, 0.1) is 5.70 Å². The number of benzene rings is 1. The normalized spacial score (nSPS) is 16.2. The quantitative estimate of drug-likeness (QED) is 0.241. The molecule has 0 unspecified atom stereocenters. The van der Waals surface area contributed by atoms with E-state index in [-0.39, 0.29) is 0 Å². The van der Waals surface area contributed by atoms with E-state index in [0.717, 1.165) is 60.7 Å². The summed E-state index contributed by atoms with van der Waals surface area (Å²) in [5.41, 5.74) is 20.0. The molecule has 41 heavy (non-hydrogen) atoms. The number of aliphatic imine (C=N–C) groups is 1. The van der Waals surface area contributed by atoms with Gasteiger partial charge < -0.3 is 16.4 Å². The molecule has 0 spiro atoms. The van der Waals surface area contributed by atoms with Gasteiger partial charge in [-0.05, 0) is 91.6 Å². The van der Waals surface area contributed by atoms with E-state index in [0.29, 0.717) is 17.3 Å². The van der Waals surface area contributed by atoms with E-state index in [1.165, 1.54) is 17.3 Å². The van der Waals surface area contributed by atoms with E-state index >= 15 is 0 Å². The second-order valence-corrected chi connectivity index (χ2v) is 10.8. The lowest BCUT2D eigenvalue weighted by Crippen LogP contribution is -2.43. The maximum Gasteiger partial charge on any atom is 0.113 e. The first-order valence-corrected chi connectivity index (χ1v) is 14.1. The molecule has 4 N–H and O–H groups in total. The number of piperazine rings is 1. The lowest BCUT2D eigenvalue weighted by molar-refractivity contribution is 0.148. The summed E-state index contributed by atoms with van der Waals surface area (Å²) in [5.74, 6) is 6.78. The van der Waals surface area contributed by atoms with Gasteiger partial charge in [0.15, 0.2) is 0 Å². The Bertz CT molecular complexity index is 1400. The number of aromatic nitrogens is 1. The Hall–Kier alpha value is -4.18. The summed E-state index contributed by atoms with van der Waals surface area (Å²) in [6.45, 7) is 17.7. The fourth-order valence-corrected chi connectivity index (χ4v) is 4.31. The van der Waals surface area contributed by atoms with E-state index in [2.05, 4.69) is 83.4 Å². The lowest BCUT2D eigenvalue weighted by atomic mass is 10.0. The molecule has 2 aromatic rings. The predicted octanol–water partition coefficient (Wildman–Crippen LogP) is 5.62. The highest BCUT2D eigenvalue weighted by molar-refractivity contribution is 6.11. The molecule has 2 heterocycles. The summed E-state index contributed by atoms with van der Waals surface area (Å²) in [4.78, 5) is 13.9. The molecular formula is C35H44N6. The third-order valence-electron chi connectivity index (χ3n) is 7.04. The van der Waals surface area contributed by atoms with E-state index in [1.807, 2.05) is 38.1 Å². The molecule has 1 aliphatic rings. The number of pyridine rings is 1. The van der Waals surface area contributed by atoms with Crippen molar-refractivity contribution in [3.05, 3.63) is 119 Å². The predicted molar refractivity (Wildman–Crippen MR) is 174 cm³/mol. The first-order valence-electron chi connectivity index (χ1n) is 14.1. The van der Waals surface area contributed by atoms with Gasteiger partial charge in [0, 0.05) is 62.0 Å². The first-order chi connectivity index (χ1) is 19.7. The van der Waals surface area contributed by atoms with E-state index < -0.39 is 0 Å². The molecule has 0 amide bonds. The summed E-state index contributed by atoms with van der Waals surface area (Å²) in [6.07, 6.45) is 10.6. The van der Waals surface area contributed by atoms with Crippen LogP contribution in [0, 0.1) is 11.8 Å². The minimum atomic E-state index is 0.410. The van der Waals surface area contributed by atoms with Crippen molar-refractivity contribution in [1.82, 2.24) is 14.8 Å². The highest BCUT2D eigenvalue weighted by Crippen LogP contribution is 2.19. The number of nitrogens with two attached hydrogens (primary N) is 2. The molecule has 0 aliphatic carbocycles. The van der Waals surface area contributed by atoms with Crippen LogP contribution in [0.3, 0.4) is 0 Å². The Morgan fingerprint density at radius 1 is 1.12 bits per heavy atom. The molecular weight excluding hydrogens is 504 g/mol. The first kappa shape index (κ1) is 31.3. The van der Waals surface area contributed by atoms with Gasteiger partial charge in [-0.1, -0.05) is 50.6 Å². The molecule has 6 heteroatoms. The highest BCUT2D eigenvalue weighted by Gasteiger charge is 2.14. The summed E-state index contributed by atoms with van der Waals surface area (Å²) in [6, 6.07) is 12.6. The van der Waals surface area contributed by atoms with Gasteiger partial charge in [-0.2, -0.15) is 0 Å². The number of nitrogens with zero attached hydrogens (tertiary/aromatic N) is 4. The molecule has 3 rings (SSSR count). The molecule has 1 fully saturated rings. The number of allylic oxidation sites excluding steroid dienone is 7. The van der Waals surface area contributed by atoms with Gasteiger partial charge in [-0.3, -0.25) is 9.89 Å². The topological polar surface area (TPSA) is 83.8 Å². The molecule has 1 aromatic carbocycles. The van der Waals surface area contributed by atoms with Gasteiger partial charge >= 0.3 is 0 Å². The van der Waals surface area contributed by atoms with Gasteiger partial charge in [0.2, 0.25) is 0 Å². The van der Waals surface area contributed by atoms with Crippen LogP contribution in [0.5, 0.6) is 0 Å². The third kappa shape index (κ3) is 10.1. The second-order valence-electron chi connectivity index (χ2n) is 10.8. The van der Waals surface area contributed by atoms with Crippen molar-refractivity contribution in [2.45, 2.75) is 40.2 Å². The molecule has 0 saturated carbocycles. The van der Waals surface area contributed by atoms with Crippen molar-refractivity contribution < 1.29 is 0 Å². The van der Waals surface area contributed by atoms with Crippen LogP contribution in [-0.2, 0) is 6.54 Å². The number of hydrogen-bond acceptors (Lipinski definition) is 6. The Morgan fingerprint density at radius 2 is 1.83 bits per heavy atom. The van der Waals surface area contributed by atoms with Crippen LogP contribution >= 0.6 is 0 Å². The smallest absolute Gasteiger partial charge is 0.113 e. The van der Waals surface area contributed by atoms with Gasteiger partial charge in [0.25, 0.3) is 0 Å². The van der Waals surface area contributed by atoms with Crippen molar-refractivity contribution in [3.63, 3.8) is 0 Å². The average Bonchev–Trinajstić information content (AvgIpc) is 2.96. The molecule has 1 aliphatic heterocycles. The zero-order chi connectivity index (χ0) is 29.8. The van der Waals surface area contributed by atoms with Crippen LogP contribution < -0.4 is 11.5 Å². The summed E-state index contributed by atoms with van der Waals surface area (Å²) in [5, 5.41) is 0. The summed E-state index contributed by atoms with van der Waals surface area (Å²) >= 11 is 0. The van der Waals surface area contributed by atoms with Crippen LogP contribution in [-0.4, -0.2) is 54.2 Å². The minimum absolute atomic E-state index is 0.410.